The van der Waals surface area contributed by atoms with E-state index in [2.05, 4.69) is 70.7 Å². The van der Waals surface area contributed by atoms with Gasteiger partial charge < -0.3 is 0 Å². The van der Waals surface area contributed by atoms with Gasteiger partial charge in [-0.15, -0.1) is 0 Å². The predicted molar refractivity (Wildman–Crippen MR) is 159 cm³/mol. The number of hydrogen-bond acceptors (Lipinski definition) is 1. The van der Waals surface area contributed by atoms with E-state index in [9.17, 15) is 0 Å². The Morgan fingerprint density at radius 1 is 0.658 bits per heavy atom. The average Bonchev–Trinajstić information content (AvgIpc) is 3.29. The zero-order valence-electron chi connectivity index (χ0n) is 23.2. The van der Waals surface area contributed by atoms with Crippen LogP contribution in [0.1, 0.15) is 33.4 Å². The standard InChI is InChI=1S/C33H37F2N2P/c1-23-19-25(3)31(26(4)20-23)36-17-18-37(32-27(5)21-24(2)22-28(32)6)33(36)38(34,35,29-13-9-7-10-14-29)30-15-11-8-12-16-30/h7-16,19-22,33H,17-18H2,1-6H3/p+1. The second-order valence-corrected chi connectivity index (χ2v) is 14.5. The number of quaternary nitrogens is 1. The summed E-state index contributed by atoms with van der Waals surface area (Å²) in [4.78, 5) is 2.91. The molecule has 0 aliphatic carbocycles. The first-order chi connectivity index (χ1) is 18.0. The van der Waals surface area contributed by atoms with Crippen molar-refractivity contribution in [1.82, 2.24) is 0 Å². The Balaban J connectivity index is 1.86. The van der Waals surface area contributed by atoms with Crippen LogP contribution in [0.5, 0.6) is 0 Å². The molecular formula is C33H38F2N2P+. The van der Waals surface area contributed by atoms with Crippen LogP contribution in [0.15, 0.2) is 84.9 Å². The van der Waals surface area contributed by atoms with Crippen LogP contribution in [0.25, 0.3) is 0 Å². The first kappa shape index (κ1) is 26.5. The molecule has 0 amide bonds. The maximum atomic E-state index is 18.6. The van der Waals surface area contributed by atoms with Crippen molar-refractivity contribution in [2.45, 2.75) is 47.4 Å². The molecule has 2 atom stereocenters. The molecule has 4 aromatic carbocycles. The molecule has 1 aliphatic rings. The zero-order valence-corrected chi connectivity index (χ0v) is 24.1. The van der Waals surface area contributed by atoms with Gasteiger partial charge in [0.05, 0.1) is 0 Å². The molecule has 1 aliphatic heterocycles. The number of benzene rings is 4. The molecule has 198 valence electrons. The molecule has 5 heteroatoms. The number of nitrogens with one attached hydrogen (secondary N) is 1. The SMILES string of the molecule is Cc1cc(C)c(N2CC[NH+](c3c(C)cc(C)cc3C)C2P(F)(F)(c2ccccc2)c2ccccc2)c(C)c1. The van der Waals surface area contributed by atoms with Gasteiger partial charge in [-0.25, -0.2) is 0 Å². The van der Waals surface area contributed by atoms with E-state index in [0.717, 1.165) is 49.7 Å². The summed E-state index contributed by atoms with van der Waals surface area (Å²) in [5.74, 6) is -1.06. The summed E-state index contributed by atoms with van der Waals surface area (Å²) >= 11 is 0. The van der Waals surface area contributed by atoms with Crippen molar-refractivity contribution >= 4 is 29.2 Å². The third-order valence-electron chi connectivity index (χ3n) is 8.04. The monoisotopic (exact) mass is 531 g/mol. The number of anilines is 1. The van der Waals surface area contributed by atoms with Crippen molar-refractivity contribution in [3.63, 3.8) is 0 Å². The van der Waals surface area contributed by atoms with Crippen molar-refractivity contribution < 1.29 is 13.3 Å². The van der Waals surface area contributed by atoms with Crippen LogP contribution >= 0.6 is 7.22 Å². The minimum atomic E-state index is -5.81. The predicted octanol–water partition coefficient (Wildman–Crippen LogP) is 6.83. The van der Waals surface area contributed by atoms with Gasteiger partial charge in [0.2, 0.25) is 0 Å². The van der Waals surface area contributed by atoms with Gasteiger partial charge in [-0.2, -0.15) is 0 Å². The van der Waals surface area contributed by atoms with Crippen molar-refractivity contribution in [3.05, 3.63) is 118 Å². The number of halogens is 2. The van der Waals surface area contributed by atoms with Crippen molar-refractivity contribution in [2.24, 2.45) is 0 Å². The van der Waals surface area contributed by atoms with Gasteiger partial charge in [0.15, 0.2) is 0 Å². The zero-order chi connectivity index (χ0) is 27.3. The fourth-order valence-electron chi connectivity index (χ4n) is 6.83. The third kappa shape index (κ3) is 4.15. The Morgan fingerprint density at radius 3 is 1.53 bits per heavy atom. The molecule has 0 radical (unpaired) electrons. The molecule has 0 saturated carbocycles. The molecule has 1 fully saturated rings. The van der Waals surface area contributed by atoms with E-state index in [1.165, 1.54) is 0 Å². The van der Waals surface area contributed by atoms with Crippen LogP contribution in [0.2, 0.25) is 0 Å². The molecule has 2 unspecified atom stereocenters. The molecular weight excluding hydrogens is 493 g/mol. The van der Waals surface area contributed by atoms with Gasteiger partial charge >= 0.3 is 226 Å². The Hall–Kier alpha value is -3.07. The fraction of sp³-hybridized carbons (Fsp3) is 0.273. The fourth-order valence-corrected chi connectivity index (χ4v) is 10.7. The molecule has 38 heavy (non-hydrogen) atoms. The van der Waals surface area contributed by atoms with Crippen molar-refractivity contribution in [1.29, 1.82) is 0 Å². The van der Waals surface area contributed by atoms with Gasteiger partial charge in [0.1, 0.15) is 0 Å². The van der Waals surface area contributed by atoms with Crippen LogP contribution in [-0.4, -0.2) is 19.0 Å². The summed E-state index contributed by atoms with van der Waals surface area (Å²) < 4.78 is 37.2. The van der Waals surface area contributed by atoms with E-state index in [4.69, 9.17) is 0 Å². The molecule has 4 aromatic rings. The van der Waals surface area contributed by atoms with E-state index in [1.807, 2.05) is 12.1 Å². The van der Waals surface area contributed by atoms with Crippen LogP contribution in [0, 0.1) is 41.5 Å². The Bertz CT molecular complexity index is 1330. The summed E-state index contributed by atoms with van der Waals surface area (Å²) in [7, 11) is -5.81. The molecule has 1 saturated heterocycles. The van der Waals surface area contributed by atoms with Crippen LogP contribution in [-0.2, 0) is 0 Å². The van der Waals surface area contributed by atoms with Gasteiger partial charge in [-0.1, -0.05) is 0 Å². The van der Waals surface area contributed by atoms with E-state index >= 15 is 8.39 Å². The molecule has 5 rings (SSSR count). The summed E-state index contributed by atoms with van der Waals surface area (Å²) in [6, 6.07) is 25.7. The van der Waals surface area contributed by atoms with Crippen LogP contribution in [0.4, 0.5) is 19.8 Å². The number of nitrogens with zero attached hydrogens (tertiary/aromatic N) is 1. The first-order valence-electron chi connectivity index (χ1n) is 13.4. The average molecular weight is 532 g/mol. The van der Waals surface area contributed by atoms with Crippen LogP contribution in [0.3, 0.4) is 0 Å². The Kier molecular flexibility index (Phi) is 6.70. The van der Waals surface area contributed by atoms with Gasteiger partial charge in [0, 0.05) is 0 Å². The van der Waals surface area contributed by atoms with E-state index in [-0.39, 0.29) is 10.6 Å². The molecule has 1 heterocycles. The van der Waals surface area contributed by atoms with Gasteiger partial charge in [-0.05, 0) is 0 Å². The van der Waals surface area contributed by atoms with Crippen molar-refractivity contribution in [2.75, 3.05) is 18.0 Å². The Morgan fingerprint density at radius 2 is 1.08 bits per heavy atom. The van der Waals surface area contributed by atoms with Gasteiger partial charge in [-0.3, -0.25) is 0 Å². The summed E-state index contributed by atoms with van der Waals surface area (Å²) in [6.45, 7) is 13.6. The molecule has 0 spiro atoms. The third-order valence-corrected chi connectivity index (χ3v) is 12.0. The van der Waals surface area contributed by atoms with Gasteiger partial charge in [0.25, 0.3) is 0 Å². The second-order valence-electron chi connectivity index (χ2n) is 11.0. The topological polar surface area (TPSA) is 7.68 Å². The molecule has 0 bridgehead atoms. The van der Waals surface area contributed by atoms with E-state index in [0.29, 0.717) is 13.1 Å². The summed E-state index contributed by atoms with van der Waals surface area (Å²) in [6.07, 6.45) is 0. The van der Waals surface area contributed by atoms with Crippen LogP contribution < -0.4 is 20.4 Å². The maximum absolute atomic E-state index is 18.6. The van der Waals surface area contributed by atoms with Crippen molar-refractivity contribution in [3.8, 4) is 0 Å². The second kappa shape index (κ2) is 9.59. The quantitative estimate of drug-likeness (QED) is 0.278. The molecule has 0 aromatic heterocycles. The number of hydrogen-bond donors (Lipinski definition) is 1. The number of rotatable bonds is 5. The number of aryl methyl sites for hydroxylation is 6. The molecule has 1 N–H and O–H groups in total. The first-order valence-corrected chi connectivity index (χ1v) is 15.5. The Labute approximate surface area is 226 Å². The molecule has 2 nitrogen and oxygen atoms in total. The van der Waals surface area contributed by atoms with E-state index in [1.54, 1.807) is 48.5 Å². The van der Waals surface area contributed by atoms with E-state index < -0.39 is 13.1 Å². The summed E-state index contributed by atoms with van der Waals surface area (Å²) in [5, 5.41) is 0.285. The normalized spacial score (nSPS) is 18.8. The minimum absolute atomic E-state index is 0.143. The summed E-state index contributed by atoms with van der Waals surface area (Å²) in [5.41, 5.74) is 8.48.